The molecule has 0 radical (unpaired) electrons. The van der Waals surface area contributed by atoms with Gasteiger partial charge in [-0.2, -0.15) is 0 Å². The van der Waals surface area contributed by atoms with Gasteiger partial charge in [-0.3, -0.25) is 4.79 Å². The molecule has 0 bridgehead atoms. The van der Waals surface area contributed by atoms with E-state index in [2.05, 4.69) is 34.8 Å². The highest BCUT2D eigenvalue weighted by Gasteiger charge is 1.99. The number of rotatable bonds is 4. The molecule has 1 rings (SSSR count). The number of hydrogen-bond acceptors (Lipinski definition) is 2. The van der Waals surface area contributed by atoms with Crippen LogP contribution >= 0.6 is 0 Å². The van der Waals surface area contributed by atoms with Crippen LogP contribution in [0.4, 0.5) is 0 Å². The lowest BCUT2D eigenvalue weighted by Crippen LogP contribution is -2.25. The predicted octanol–water partition coefficient (Wildman–Crippen LogP) is 0.531. The van der Waals surface area contributed by atoms with Gasteiger partial charge >= 0.3 is 5.97 Å². The van der Waals surface area contributed by atoms with Crippen LogP contribution < -0.4 is 10.3 Å². The van der Waals surface area contributed by atoms with E-state index in [0.29, 0.717) is 0 Å². The van der Waals surface area contributed by atoms with Gasteiger partial charge in [0.1, 0.15) is 18.4 Å². The quantitative estimate of drug-likeness (QED) is 0.738. The molecule has 0 amide bonds. The Labute approximate surface area is 96.5 Å². The van der Waals surface area contributed by atoms with Crippen molar-refractivity contribution in [2.24, 2.45) is 12.8 Å². The van der Waals surface area contributed by atoms with Crippen LogP contribution in [0.1, 0.15) is 26.7 Å². The zero-order valence-electron chi connectivity index (χ0n) is 10.3. The number of imidazole rings is 1. The van der Waals surface area contributed by atoms with Crippen molar-refractivity contribution in [2.45, 2.75) is 39.3 Å². The molecule has 0 aromatic carbocycles. The minimum atomic E-state index is -0.963. The third-order valence-electron chi connectivity index (χ3n) is 1.98. The summed E-state index contributed by atoms with van der Waals surface area (Å²) < 4.78 is 4.28. The number of unbranched alkanes of at least 4 members (excludes halogenated alkanes) is 1. The third kappa shape index (κ3) is 7.00. The maximum atomic E-state index is 9.57. The first-order valence-corrected chi connectivity index (χ1v) is 5.46. The van der Waals surface area contributed by atoms with E-state index in [1.165, 1.54) is 19.8 Å². The summed E-state index contributed by atoms with van der Waals surface area (Å²) >= 11 is 0. The molecule has 0 saturated heterocycles. The number of nitrogens with two attached hydrogens (primary N) is 1. The molecule has 0 aliphatic heterocycles. The second-order valence-corrected chi connectivity index (χ2v) is 3.80. The molecular formula is C11H22N3O2+. The van der Waals surface area contributed by atoms with Crippen LogP contribution in [-0.4, -0.2) is 21.7 Å². The molecule has 1 aromatic rings. The highest BCUT2D eigenvalue weighted by molar-refractivity contribution is 5.72. The van der Waals surface area contributed by atoms with E-state index >= 15 is 0 Å². The number of aliphatic carboxylic acids is 1. The Morgan fingerprint density at radius 2 is 2.19 bits per heavy atom. The van der Waals surface area contributed by atoms with E-state index < -0.39 is 12.0 Å². The van der Waals surface area contributed by atoms with Crippen LogP contribution in [0, 0.1) is 0 Å². The molecule has 0 aliphatic carbocycles. The van der Waals surface area contributed by atoms with Crippen LogP contribution in [-0.2, 0) is 18.4 Å². The zero-order valence-corrected chi connectivity index (χ0v) is 10.3. The molecule has 1 heterocycles. The molecule has 1 aromatic heterocycles. The average Bonchev–Trinajstić information content (AvgIpc) is 2.62. The Bertz CT molecular complexity index is 308. The standard InChI is InChI=1S/C8H15N2.C3H7NO2/c1-3-4-5-10-7-6-9(2)8-10;1-2(4)3(5)6/h6-8H,3-5H2,1-2H3;2H,4H2,1H3,(H,5,6)/q+1;. The Kier molecular flexibility index (Phi) is 7.20. The fourth-order valence-corrected chi connectivity index (χ4v) is 0.975. The van der Waals surface area contributed by atoms with E-state index in [-0.39, 0.29) is 0 Å². The third-order valence-corrected chi connectivity index (χ3v) is 1.98. The summed E-state index contributed by atoms with van der Waals surface area (Å²) in [4.78, 5) is 9.57. The van der Waals surface area contributed by atoms with Crippen molar-refractivity contribution < 1.29 is 14.5 Å². The second-order valence-electron chi connectivity index (χ2n) is 3.80. The Balaban J connectivity index is 0.000000325. The summed E-state index contributed by atoms with van der Waals surface area (Å²) in [6.07, 6.45) is 8.82. The number of carboxylic acid groups (broad SMARTS) is 1. The normalized spacial score (nSPS) is 11.5. The molecule has 5 nitrogen and oxygen atoms in total. The van der Waals surface area contributed by atoms with Crippen molar-refractivity contribution in [3.8, 4) is 0 Å². The lowest BCUT2D eigenvalue weighted by atomic mass is 10.3. The summed E-state index contributed by atoms with van der Waals surface area (Å²) in [6, 6.07) is -0.731. The fourth-order valence-electron chi connectivity index (χ4n) is 0.975. The van der Waals surface area contributed by atoms with Gasteiger partial charge in [0, 0.05) is 0 Å². The van der Waals surface area contributed by atoms with Crippen molar-refractivity contribution in [3.05, 3.63) is 18.7 Å². The minimum Gasteiger partial charge on any atom is -0.480 e. The average molecular weight is 228 g/mol. The number of carbonyl (C=O) groups is 1. The summed E-state index contributed by atoms with van der Waals surface area (Å²) in [5, 5.41) is 7.87. The number of nitrogens with zero attached hydrogens (tertiary/aromatic N) is 2. The fraction of sp³-hybridized carbons (Fsp3) is 0.636. The first-order chi connectivity index (χ1) is 7.47. The summed E-state index contributed by atoms with van der Waals surface area (Å²) in [5.74, 6) is -0.963. The van der Waals surface area contributed by atoms with Gasteiger partial charge in [-0.1, -0.05) is 13.3 Å². The van der Waals surface area contributed by atoms with Gasteiger partial charge in [-0.25, -0.2) is 9.13 Å². The number of hydrogen-bond donors (Lipinski definition) is 2. The lowest BCUT2D eigenvalue weighted by Gasteiger charge is -1.90. The smallest absolute Gasteiger partial charge is 0.320 e. The van der Waals surface area contributed by atoms with Crippen molar-refractivity contribution in [1.82, 2.24) is 4.57 Å². The summed E-state index contributed by atoms with van der Waals surface area (Å²) in [6.45, 7) is 4.78. The molecule has 5 heteroatoms. The van der Waals surface area contributed by atoms with E-state index in [4.69, 9.17) is 10.8 Å². The Morgan fingerprint density at radius 3 is 2.50 bits per heavy atom. The minimum absolute atomic E-state index is 0.731. The monoisotopic (exact) mass is 228 g/mol. The molecule has 3 N–H and O–H groups in total. The van der Waals surface area contributed by atoms with Gasteiger partial charge in [0.15, 0.2) is 0 Å². The van der Waals surface area contributed by atoms with Crippen LogP contribution in [0.5, 0.6) is 0 Å². The van der Waals surface area contributed by atoms with E-state index in [0.717, 1.165) is 6.54 Å². The highest BCUT2D eigenvalue weighted by Crippen LogP contribution is 1.91. The van der Waals surface area contributed by atoms with Crippen LogP contribution in [0.15, 0.2) is 18.7 Å². The molecule has 0 spiro atoms. The molecule has 0 aliphatic rings. The second kappa shape index (κ2) is 7.87. The molecule has 0 fully saturated rings. The predicted molar refractivity (Wildman–Crippen MR) is 61.8 cm³/mol. The first kappa shape index (κ1) is 14.6. The maximum Gasteiger partial charge on any atom is 0.320 e. The van der Waals surface area contributed by atoms with Gasteiger partial charge < -0.3 is 10.8 Å². The zero-order chi connectivity index (χ0) is 12.6. The first-order valence-electron chi connectivity index (χ1n) is 5.46. The molecule has 1 unspecified atom stereocenters. The van der Waals surface area contributed by atoms with Crippen molar-refractivity contribution in [2.75, 3.05) is 0 Å². The molecular weight excluding hydrogens is 206 g/mol. The summed E-state index contributed by atoms with van der Waals surface area (Å²) in [5.41, 5.74) is 4.84. The topological polar surface area (TPSA) is 72.1 Å². The number of aryl methyl sites for hydroxylation is 2. The number of carboxylic acids is 1. The Morgan fingerprint density at radius 1 is 1.62 bits per heavy atom. The van der Waals surface area contributed by atoms with Gasteiger partial charge in [0.05, 0.1) is 13.6 Å². The highest BCUT2D eigenvalue weighted by atomic mass is 16.4. The van der Waals surface area contributed by atoms with E-state index in [1.807, 2.05) is 7.05 Å². The van der Waals surface area contributed by atoms with Gasteiger partial charge in [-0.05, 0) is 13.3 Å². The molecule has 92 valence electrons. The van der Waals surface area contributed by atoms with E-state index in [9.17, 15) is 4.79 Å². The van der Waals surface area contributed by atoms with Crippen molar-refractivity contribution in [3.63, 3.8) is 0 Å². The van der Waals surface area contributed by atoms with Gasteiger partial charge in [0.25, 0.3) is 0 Å². The van der Waals surface area contributed by atoms with Gasteiger partial charge in [-0.15, -0.1) is 0 Å². The van der Waals surface area contributed by atoms with Gasteiger partial charge in [0.2, 0.25) is 6.33 Å². The lowest BCUT2D eigenvalue weighted by molar-refractivity contribution is -0.671. The van der Waals surface area contributed by atoms with Crippen LogP contribution in [0.3, 0.4) is 0 Å². The van der Waals surface area contributed by atoms with Crippen molar-refractivity contribution >= 4 is 5.97 Å². The molecule has 0 saturated carbocycles. The SMILES string of the molecule is CC(N)C(=O)O.CCCCn1cc[n+](C)c1. The summed E-state index contributed by atoms with van der Waals surface area (Å²) in [7, 11) is 2.04. The maximum absolute atomic E-state index is 9.57. The van der Waals surface area contributed by atoms with Crippen molar-refractivity contribution in [1.29, 1.82) is 0 Å². The largest absolute Gasteiger partial charge is 0.480 e. The molecule has 16 heavy (non-hydrogen) atoms. The van der Waals surface area contributed by atoms with E-state index in [1.54, 1.807) is 0 Å². The van der Waals surface area contributed by atoms with Crippen LogP contribution in [0.25, 0.3) is 0 Å². The Hall–Kier alpha value is -1.36. The number of aromatic nitrogens is 2. The van der Waals surface area contributed by atoms with Crippen LogP contribution in [0.2, 0.25) is 0 Å². The molecule has 1 atom stereocenters.